The van der Waals surface area contributed by atoms with Crippen LogP contribution in [0, 0.1) is 47.8 Å². The Kier molecular flexibility index (Phi) is 30.3. The van der Waals surface area contributed by atoms with E-state index in [-0.39, 0.29) is 80.9 Å². The molecule has 5 aromatic heterocycles. The molecule has 95 heavy (non-hydrogen) atoms. The summed E-state index contributed by atoms with van der Waals surface area (Å²) in [6, 6.07) is 8.53. The monoisotopic (exact) mass is 1360 g/mol. The van der Waals surface area contributed by atoms with Crippen LogP contribution in [-0.2, 0) is 61.2 Å². The number of likely N-dealkylation sites (tertiary alicyclic amines) is 1. The summed E-state index contributed by atoms with van der Waals surface area (Å²) >= 11 is 5.30. The number of amides is 1. The number of H-pyrrole nitrogens is 2. The van der Waals surface area contributed by atoms with Crippen LogP contribution in [0.2, 0.25) is 5.28 Å². The molecule has 3 aromatic carbocycles. The molecule has 0 bridgehead atoms. The predicted molar refractivity (Wildman–Crippen MR) is 348 cm³/mol. The predicted octanol–water partition coefficient (Wildman–Crippen LogP) is 9.59. The lowest BCUT2D eigenvalue weighted by Gasteiger charge is -2.31. The Morgan fingerprint density at radius 1 is 0.558 bits per heavy atom. The highest BCUT2D eigenvalue weighted by molar-refractivity contribution is 6.28. The summed E-state index contributed by atoms with van der Waals surface area (Å²) in [5, 5.41) is 47.4. The summed E-state index contributed by atoms with van der Waals surface area (Å²) in [6.45, 7) is 7.91. The van der Waals surface area contributed by atoms with Crippen molar-refractivity contribution in [1.29, 1.82) is 0 Å². The Balaban J connectivity index is 0.000000230. The molecular formula is C64H80Cl2F5N17O7. The van der Waals surface area contributed by atoms with E-state index in [1.165, 1.54) is 49.5 Å². The first-order valence-electron chi connectivity index (χ1n) is 29.3. The maximum atomic E-state index is 13.8. The fourth-order valence-electron chi connectivity index (χ4n) is 10.8. The molecule has 2 saturated heterocycles. The number of aryl methyl sites for hydroxylation is 1. The van der Waals surface area contributed by atoms with Crippen LogP contribution in [0.1, 0.15) is 129 Å². The van der Waals surface area contributed by atoms with Crippen LogP contribution in [0.4, 0.5) is 33.8 Å². The van der Waals surface area contributed by atoms with Gasteiger partial charge in [-0.2, -0.15) is 30.8 Å². The molecule has 0 saturated carbocycles. The van der Waals surface area contributed by atoms with Crippen molar-refractivity contribution in [2.45, 2.75) is 125 Å². The molecule has 8 aromatic rings. The van der Waals surface area contributed by atoms with Gasteiger partial charge in [-0.1, -0.05) is 28.3 Å². The number of carbonyl (C=O) groups excluding carboxylic acids is 1. The van der Waals surface area contributed by atoms with E-state index in [1.54, 1.807) is 37.8 Å². The summed E-state index contributed by atoms with van der Waals surface area (Å²) in [4.78, 5) is 59.1. The number of hydrogen-bond donors (Lipinski definition) is 8. The van der Waals surface area contributed by atoms with Crippen LogP contribution in [0.15, 0.2) is 86.0 Å². The van der Waals surface area contributed by atoms with Gasteiger partial charge in [0.1, 0.15) is 17.2 Å². The lowest BCUT2D eigenvalue weighted by molar-refractivity contribution is 0.0469. The van der Waals surface area contributed by atoms with Gasteiger partial charge < -0.3 is 46.3 Å². The molecule has 24 nitrogen and oxygen atoms in total. The third-order valence-corrected chi connectivity index (χ3v) is 15.8. The molecule has 1 amide bonds. The molecule has 1 atom stereocenters. The number of ether oxygens (including phenoxy) is 2. The topological polar surface area (TPSA) is 336 Å². The van der Waals surface area contributed by atoms with E-state index in [0.29, 0.717) is 93.5 Å². The highest BCUT2D eigenvalue weighted by atomic mass is 35.5. The number of piperidine rings is 2. The molecule has 0 spiro atoms. The Morgan fingerprint density at radius 3 is 1.33 bits per heavy atom. The van der Waals surface area contributed by atoms with Gasteiger partial charge in [-0.3, -0.25) is 4.79 Å². The number of carboxylic acids is 2. The van der Waals surface area contributed by atoms with E-state index in [9.17, 15) is 36.3 Å². The molecule has 31 heteroatoms. The van der Waals surface area contributed by atoms with Gasteiger partial charge in [0.05, 0.1) is 55.5 Å². The van der Waals surface area contributed by atoms with Gasteiger partial charge in [0.15, 0.2) is 23.3 Å². The van der Waals surface area contributed by atoms with Gasteiger partial charge in [0.2, 0.25) is 17.2 Å². The normalized spacial score (nSPS) is 15.4. The Hall–Kier alpha value is -8.74. The van der Waals surface area contributed by atoms with Gasteiger partial charge in [-0.25, -0.2) is 61.4 Å². The fourth-order valence-corrected chi connectivity index (χ4v) is 10.9. The van der Waals surface area contributed by atoms with Crippen LogP contribution >= 0.6 is 24.0 Å². The third kappa shape index (κ3) is 22.7. The Bertz CT molecular complexity index is 3600. The summed E-state index contributed by atoms with van der Waals surface area (Å²) in [5.41, 5.74) is 13.9. The maximum Gasteiger partial charge on any atom is 0.338 e. The van der Waals surface area contributed by atoms with Crippen molar-refractivity contribution in [3.63, 3.8) is 0 Å². The minimum atomic E-state index is -1.10. The number of carbonyl (C=O) groups is 3. The minimum absolute atomic E-state index is 0. The number of fused-ring (bicyclic) bond motifs is 3. The number of nitrogens with one attached hydrogen (secondary N) is 5. The number of halogens is 7. The molecule has 5 aliphatic rings. The Labute approximate surface area is 558 Å². The maximum absolute atomic E-state index is 13.8. The second-order valence-corrected chi connectivity index (χ2v) is 22.8. The number of aromatic carboxylic acids is 2. The van der Waals surface area contributed by atoms with Crippen molar-refractivity contribution < 1.29 is 56.0 Å². The average Bonchev–Trinajstić information content (AvgIpc) is 1.76. The first kappa shape index (κ1) is 77.0. The SMILES string of the molecule is C.C.C.Cc1cc2c(cc1F)CC(Nc1ncc(C(=O)N3CCC(COCc4cn[nH]n4)CC3)cn1)C2.Cl.NC1Cc2cc(F)c(F)cc2C1.O=C(O)c1cnc(Cl)nc1.O=C(O)c1cnc(NC2Cc3cc(F)c(F)cc3C2)nc1.c1n[nH]nc1COCC1CCNCC1. The third-order valence-electron chi connectivity index (χ3n) is 15.6. The molecule has 13 rings (SSSR count). The summed E-state index contributed by atoms with van der Waals surface area (Å²) in [6.07, 6.45) is 19.4. The molecule has 2 aliphatic heterocycles. The standard InChI is InChI=1S/C24H28FN7O2.C14H11F2N3O2.C9H9F2N.C9H16N4O.C5H3ClN2O2.3CH4.ClH/c1-15-6-17-7-20(8-18(17)9-22(15)25)29-24-26-10-19(11-27-24)23(33)32-4-2-16(3-5-32)13-34-14-21-12-28-31-30-21;15-11-3-7-1-10(2-8(7)4-12(11)16)19-14-17-5-9(6-18-14)13(20)21;10-8-3-5-1-7(12)2-6(5)4-9(8)11;1-3-10-4-2-8(1)6-14-7-9-5-11-13-12-9;6-5-7-1-3(2-8-5)4(9)10;;;;/h6,9-12,16,20H,2-5,7-8,13-14H2,1H3,(H,26,27,29)(H,28,30,31);3-6,10H,1-2H2,(H,20,21)(H,17,18,19);3-4,7H,1-2,12H2;5,8,10H,1-4,6-7H2,(H,11,12,13);1-2H,(H,9,10);3*1H4;1H. The van der Waals surface area contributed by atoms with E-state index < -0.39 is 35.2 Å². The number of hydrogen-bond acceptors (Lipinski definition) is 19. The molecular weight excluding hydrogens is 1280 g/mol. The van der Waals surface area contributed by atoms with Crippen LogP contribution in [-0.4, -0.2) is 151 Å². The van der Waals surface area contributed by atoms with Crippen LogP contribution < -0.4 is 21.7 Å². The molecule has 2 fully saturated rings. The van der Waals surface area contributed by atoms with Crippen molar-refractivity contribution in [3.05, 3.63) is 187 Å². The summed E-state index contributed by atoms with van der Waals surface area (Å²) in [7, 11) is 0. The van der Waals surface area contributed by atoms with Gasteiger partial charge >= 0.3 is 11.9 Å². The van der Waals surface area contributed by atoms with E-state index >= 15 is 0 Å². The number of nitrogens with two attached hydrogens (primary N) is 1. The second-order valence-electron chi connectivity index (χ2n) is 22.4. The molecule has 1 unspecified atom stereocenters. The highest BCUT2D eigenvalue weighted by Crippen LogP contribution is 2.29. The lowest BCUT2D eigenvalue weighted by atomic mass is 9.97. The largest absolute Gasteiger partial charge is 0.478 e. The van der Waals surface area contributed by atoms with Crippen molar-refractivity contribution in [3.8, 4) is 0 Å². The number of benzene rings is 3. The molecule has 0 radical (unpaired) electrons. The number of rotatable bonds is 15. The highest BCUT2D eigenvalue weighted by Gasteiger charge is 2.28. The van der Waals surface area contributed by atoms with Crippen molar-refractivity contribution >= 4 is 53.8 Å². The molecule has 9 N–H and O–H groups in total. The lowest BCUT2D eigenvalue weighted by Crippen LogP contribution is -2.39. The van der Waals surface area contributed by atoms with E-state index in [1.807, 2.05) is 11.0 Å². The summed E-state index contributed by atoms with van der Waals surface area (Å²) in [5.74, 6) is -3.71. The number of aromatic amines is 2. The first-order chi connectivity index (χ1) is 43.9. The quantitative estimate of drug-likeness (QED) is 0.0350. The van der Waals surface area contributed by atoms with Crippen molar-refractivity contribution in [2.75, 3.05) is 50.0 Å². The fraction of sp³-hybridized carbons (Fsp3) is 0.422. The van der Waals surface area contributed by atoms with Crippen molar-refractivity contribution in [1.82, 2.24) is 70.9 Å². The van der Waals surface area contributed by atoms with Crippen molar-refractivity contribution in [2.24, 2.45) is 17.6 Å². The van der Waals surface area contributed by atoms with Gasteiger partial charge in [-0.15, -0.1) is 12.4 Å². The number of carboxylic acid groups (broad SMARTS) is 2. The van der Waals surface area contributed by atoms with E-state index in [2.05, 4.69) is 76.7 Å². The Morgan fingerprint density at radius 2 is 0.926 bits per heavy atom. The van der Waals surface area contributed by atoms with Crippen LogP contribution in [0.25, 0.3) is 0 Å². The van der Waals surface area contributed by atoms with E-state index in [4.69, 9.17) is 37.0 Å². The van der Waals surface area contributed by atoms with Gasteiger partial charge in [0.25, 0.3) is 5.91 Å². The zero-order valence-corrected chi connectivity index (χ0v) is 51.4. The first-order valence-corrected chi connectivity index (χ1v) is 29.7. The van der Waals surface area contributed by atoms with Crippen LogP contribution in [0.5, 0.6) is 0 Å². The zero-order valence-electron chi connectivity index (χ0n) is 49.8. The number of aromatic nitrogens is 12. The van der Waals surface area contributed by atoms with E-state index in [0.717, 1.165) is 103 Å². The average molecular weight is 1370 g/mol. The smallest absolute Gasteiger partial charge is 0.338 e. The molecule has 7 heterocycles. The van der Waals surface area contributed by atoms with Gasteiger partial charge in [-0.05, 0) is 177 Å². The number of anilines is 2. The molecule has 3 aliphatic carbocycles. The second kappa shape index (κ2) is 37.4. The zero-order chi connectivity index (χ0) is 64.4. The van der Waals surface area contributed by atoms with Gasteiger partial charge in [0, 0.05) is 68.4 Å². The van der Waals surface area contributed by atoms with Crippen LogP contribution in [0.3, 0.4) is 0 Å². The number of nitrogens with zero attached hydrogens (tertiary/aromatic N) is 11. The minimum Gasteiger partial charge on any atom is -0.478 e. The molecule has 512 valence electrons. The summed E-state index contributed by atoms with van der Waals surface area (Å²) < 4.78 is 76.8.